The maximum atomic E-state index is 11.4. The van der Waals surface area contributed by atoms with Crippen molar-refractivity contribution in [3.63, 3.8) is 0 Å². The van der Waals surface area contributed by atoms with E-state index in [2.05, 4.69) is 15.3 Å². The number of hydrogen-bond acceptors (Lipinski definition) is 5. The van der Waals surface area contributed by atoms with Gasteiger partial charge in [-0.3, -0.25) is 4.98 Å². The van der Waals surface area contributed by atoms with Gasteiger partial charge in [0.05, 0.1) is 5.69 Å². The minimum absolute atomic E-state index is 0.220. The van der Waals surface area contributed by atoms with E-state index in [0.717, 1.165) is 22.6 Å². The van der Waals surface area contributed by atoms with Crippen LogP contribution in [0.5, 0.6) is 0 Å². The average molecular weight is 297 g/mol. The van der Waals surface area contributed by atoms with Crippen molar-refractivity contribution in [2.75, 3.05) is 5.32 Å². The number of thiazole rings is 1. The molecule has 2 N–H and O–H groups in total. The normalized spacial score (nSPS) is 10.3. The summed E-state index contributed by atoms with van der Waals surface area (Å²) in [5, 5.41) is 13.0. The van der Waals surface area contributed by atoms with Gasteiger partial charge in [-0.15, -0.1) is 0 Å². The fourth-order valence-electron chi connectivity index (χ4n) is 1.87. The van der Waals surface area contributed by atoms with Crippen molar-refractivity contribution in [1.29, 1.82) is 0 Å². The van der Waals surface area contributed by atoms with Crippen LogP contribution in [0.2, 0.25) is 0 Å². The standard InChI is InChI=1S/C15H11N3O2S/c19-14(20)13-12(10-4-2-1-3-5-10)18-15(21-13)17-11-6-8-16-9-7-11/h1-9H,(H,19,20)(H,16,17,18). The van der Waals surface area contributed by atoms with Gasteiger partial charge in [0, 0.05) is 23.6 Å². The van der Waals surface area contributed by atoms with E-state index in [1.807, 2.05) is 30.3 Å². The van der Waals surface area contributed by atoms with Crippen LogP contribution in [-0.2, 0) is 0 Å². The third-order valence-electron chi connectivity index (χ3n) is 2.80. The largest absolute Gasteiger partial charge is 0.477 e. The fraction of sp³-hybridized carbons (Fsp3) is 0. The van der Waals surface area contributed by atoms with Crippen molar-refractivity contribution in [1.82, 2.24) is 9.97 Å². The molecule has 0 aliphatic carbocycles. The van der Waals surface area contributed by atoms with Crippen LogP contribution in [-0.4, -0.2) is 21.0 Å². The summed E-state index contributed by atoms with van der Waals surface area (Å²) >= 11 is 1.12. The highest BCUT2D eigenvalue weighted by Crippen LogP contribution is 2.32. The third kappa shape index (κ3) is 2.90. The molecule has 0 aliphatic rings. The number of carboxylic acid groups (broad SMARTS) is 1. The molecule has 0 spiro atoms. The molecule has 3 rings (SSSR count). The zero-order valence-electron chi connectivity index (χ0n) is 10.9. The van der Waals surface area contributed by atoms with E-state index in [1.165, 1.54) is 0 Å². The lowest BCUT2D eigenvalue weighted by Gasteiger charge is -2.00. The molecule has 0 radical (unpaired) electrons. The molecular formula is C15H11N3O2S. The van der Waals surface area contributed by atoms with E-state index >= 15 is 0 Å². The summed E-state index contributed by atoms with van der Waals surface area (Å²) < 4.78 is 0. The molecule has 0 unspecified atom stereocenters. The van der Waals surface area contributed by atoms with Gasteiger partial charge in [0.25, 0.3) is 0 Å². The highest BCUT2D eigenvalue weighted by molar-refractivity contribution is 7.18. The van der Waals surface area contributed by atoms with Gasteiger partial charge in [0.1, 0.15) is 4.88 Å². The van der Waals surface area contributed by atoms with E-state index in [9.17, 15) is 9.90 Å². The predicted molar refractivity (Wildman–Crippen MR) is 82.0 cm³/mol. The Labute approximate surface area is 124 Å². The van der Waals surface area contributed by atoms with Crippen LogP contribution in [0.1, 0.15) is 9.67 Å². The summed E-state index contributed by atoms with van der Waals surface area (Å²) in [7, 11) is 0. The first kappa shape index (κ1) is 13.3. The monoisotopic (exact) mass is 297 g/mol. The number of carboxylic acids is 1. The summed E-state index contributed by atoms with van der Waals surface area (Å²) in [5.74, 6) is -0.978. The zero-order valence-corrected chi connectivity index (χ0v) is 11.7. The van der Waals surface area contributed by atoms with Gasteiger partial charge in [-0.25, -0.2) is 9.78 Å². The lowest BCUT2D eigenvalue weighted by molar-refractivity contribution is 0.0702. The number of aromatic carboxylic acids is 1. The molecule has 0 aliphatic heterocycles. The highest BCUT2D eigenvalue weighted by Gasteiger charge is 2.18. The van der Waals surface area contributed by atoms with Crippen LogP contribution in [0.4, 0.5) is 10.8 Å². The lowest BCUT2D eigenvalue weighted by atomic mass is 10.1. The average Bonchev–Trinajstić information content (AvgIpc) is 2.93. The number of carbonyl (C=O) groups is 1. The number of anilines is 2. The molecular weight excluding hydrogens is 286 g/mol. The van der Waals surface area contributed by atoms with E-state index in [0.29, 0.717) is 10.8 Å². The second-order valence-corrected chi connectivity index (χ2v) is 5.23. The first-order chi connectivity index (χ1) is 10.2. The van der Waals surface area contributed by atoms with Gasteiger partial charge in [-0.1, -0.05) is 41.7 Å². The maximum absolute atomic E-state index is 11.4. The van der Waals surface area contributed by atoms with Crippen LogP contribution in [0.25, 0.3) is 11.3 Å². The second-order valence-electron chi connectivity index (χ2n) is 4.23. The van der Waals surface area contributed by atoms with Crippen molar-refractivity contribution in [2.24, 2.45) is 0 Å². The molecule has 2 aromatic heterocycles. The van der Waals surface area contributed by atoms with E-state index in [1.54, 1.807) is 24.5 Å². The second kappa shape index (κ2) is 5.72. The summed E-state index contributed by atoms with van der Waals surface area (Å²) in [6.45, 7) is 0. The Morgan fingerprint density at radius 1 is 1.10 bits per heavy atom. The molecule has 3 aromatic rings. The Morgan fingerprint density at radius 3 is 2.48 bits per heavy atom. The zero-order chi connectivity index (χ0) is 14.7. The van der Waals surface area contributed by atoms with E-state index in [-0.39, 0.29) is 4.88 Å². The van der Waals surface area contributed by atoms with Gasteiger partial charge in [0.15, 0.2) is 5.13 Å². The van der Waals surface area contributed by atoms with Crippen molar-refractivity contribution in [3.05, 3.63) is 59.7 Å². The SMILES string of the molecule is O=C(O)c1sc(Nc2ccncc2)nc1-c1ccccc1. The number of nitrogens with one attached hydrogen (secondary N) is 1. The Hall–Kier alpha value is -2.73. The van der Waals surface area contributed by atoms with Gasteiger partial charge in [0.2, 0.25) is 0 Å². The van der Waals surface area contributed by atoms with Crippen molar-refractivity contribution in [3.8, 4) is 11.3 Å². The Kier molecular flexibility index (Phi) is 3.61. The molecule has 0 saturated carbocycles. The van der Waals surface area contributed by atoms with Gasteiger partial charge in [-0.2, -0.15) is 0 Å². The number of benzene rings is 1. The molecule has 6 heteroatoms. The molecule has 2 heterocycles. The van der Waals surface area contributed by atoms with Crippen molar-refractivity contribution in [2.45, 2.75) is 0 Å². The molecule has 1 aromatic carbocycles. The minimum atomic E-state index is -0.978. The van der Waals surface area contributed by atoms with E-state index in [4.69, 9.17) is 0 Å². The quantitative estimate of drug-likeness (QED) is 0.769. The smallest absolute Gasteiger partial charge is 0.348 e. The number of hydrogen-bond donors (Lipinski definition) is 2. The van der Waals surface area contributed by atoms with Gasteiger partial charge in [-0.05, 0) is 12.1 Å². The van der Waals surface area contributed by atoms with Crippen LogP contribution in [0, 0.1) is 0 Å². The summed E-state index contributed by atoms with van der Waals surface area (Å²) in [6.07, 6.45) is 3.32. The van der Waals surface area contributed by atoms with Crippen LogP contribution < -0.4 is 5.32 Å². The van der Waals surface area contributed by atoms with Gasteiger partial charge >= 0.3 is 5.97 Å². The van der Waals surface area contributed by atoms with Crippen molar-refractivity contribution >= 4 is 28.1 Å². The lowest BCUT2D eigenvalue weighted by Crippen LogP contribution is -1.95. The van der Waals surface area contributed by atoms with E-state index < -0.39 is 5.97 Å². The first-order valence-corrected chi connectivity index (χ1v) is 7.02. The summed E-state index contributed by atoms with van der Waals surface area (Å²) in [5.41, 5.74) is 2.08. The highest BCUT2D eigenvalue weighted by atomic mass is 32.1. The Balaban J connectivity index is 1.99. The molecule has 5 nitrogen and oxygen atoms in total. The van der Waals surface area contributed by atoms with Crippen LogP contribution >= 0.6 is 11.3 Å². The molecule has 0 saturated heterocycles. The van der Waals surface area contributed by atoms with Crippen LogP contribution in [0.3, 0.4) is 0 Å². The summed E-state index contributed by atoms with van der Waals surface area (Å²) in [6, 6.07) is 12.9. The molecule has 0 atom stereocenters. The predicted octanol–water partition coefficient (Wildman–Crippen LogP) is 3.65. The number of rotatable bonds is 4. The topological polar surface area (TPSA) is 75.1 Å². The molecule has 0 bridgehead atoms. The molecule has 21 heavy (non-hydrogen) atoms. The molecule has 0 fully saturated rings. The van der Waals surface area contributed by atoms with Crippen molar-refractivity contribution < 1.29 is 9.90 Å². The van der Waals surface area contributed by atoms with Gasteiger partial charge < -0.3 is 10.4 Å². The third-order valence-corrected chi connectivity index (χ3v) is 3.76. The molecule has 104 valence electrons. The number of pyridine rings is 1. The first-order valence-electron chi connectivity index (χ1n) is 6.20. The molecule has 0 amide bonds. The maximum Gasteiger partial charge on any atom is 0.348 e. The minimum Gasteiger partial charge on any atom is -0.477 e. The fourth-order valence-corrected chi connectivity index (χ4v) is 2.72. The van der Waals surface area contributed by atoms with Crippen LogP contribution in [0.15, 0.2) is 54.9 Å². The summed E-state index contributed by atoms with van der Waals surface area (Å²) in [4.78, 5) is 20.0. The Bertz CT molecular complexity index is 757. The number of aromatic nitrogens is 2. The Morgan fingerprint density at radius 2 is 1.81 bits per heavy atom. The number of nitrogens with zero attached hydrogens (tertiary/aromatic N) is 2.